The molecule has 7 nitrogen and oxygen atoms in total. The van der Waals surface area contributed by atoms with Crippen molar-refractivity contribution in [3.63, 3.8) is 0 Å². The van der Waals surface area contributed by atoms with Gasteiger partial charge in [0.2, 0.25) is 0 Å². The molecule has 2 aliphatic rings. The summed E-state index contributed by atoms with van der Waals surface area (Å²) in [5, 5.41) is 8.88. The maximum Gasteiger partial charge on any atom is 0.142 e. The summed E-state index contributed by atoms with van der Waals surface area (Å²) in [7, 11) is 0. The van der Waals surface area contributed by atoms with Crippen LogP contribution in [0, 0.1) is 0 Å². The third kappa shape index (κ3) is 3.66. The lowest BCUT2D eigenvalue weighted by Crippen LogP contribution is -2.36. The van der Waals surface area contributed by atoms with Crippen LogP contribution in [0.1, 0.15) is 6.42 Å². The fourth-order valence-corrected chi connectivity index (χ4v) is 4.80. The molecule has 2 aromatic heterocycles. The number of rotatable bonds is 4. The van der Waals surface area contributed by atoms with Crippen LogP contribution in [-0.2, 0) is 4.74 Å². The van der Waals surface area contributed by atoms with Crippen LogP contribution in [0.5, 0.6) is 0 Å². The molecule has 2 aromatic carbocycles. The lowest BCUT2D eigenvalue weighted by Gasteiger charge is -2.28. The van der Waals surface area contributed by atoms with Crippen LogP contribution in [0.4, 0.5) is 11.4 Å². The summed E-state index contributed by atoms with van der Waals surface area (Å²) in [4.78, 5) is 15.5. The van der Waals surface area contributed by atoms with Crippen molar-refractivity contribution >= 4 is 44.9 Å². The molecule has 6 rings (SSSR count). The van der Waals surface area contributed by atoms with Crippen molar-refractivity contribution < 1.29 is 4.74 Å². The van der Waals surface area contributed by atoms with Crippen molar-refractivity contribution in [2.24, 2.45) is 0 Å². The van der Waals surface area contributed by atoms with Gasteiger partial charge in [-0.1, -0.05) is 11.6 Å². The molecule has 8 heteroatoms. The van der Waals surface area contributed by atoms with E-state index < -0.39 is 0 Å². The number of pyridine rings is 1. The van der Waals surface area contributed by atoms with Gasteiger partial charge in [-0.05, 0) is 49.4 Å². The molecular weight excluding hydrogens is 424 g/mol. The third-order valence-corrected chi connectivity index (χ3v) is 6.57. The summed E-state index contributed by atoms with van der Waals surface area (Å²) < 4.78 is 5.49. The lowest BCUT2D eigenvalue weighted by atomic mass is 10.1. The van der Waals surface area contributed by atoms with Crippen LogP contribution in [0.15, 0.2) is 42.6 Å². The maximum absolute atomic E-state index is 6.36. The number of hydrogen-bond donors (Lipinski definition) is 3. The molecule has 2 saturated heterocycles. The van der Waals surface area contributed by atoms with E-state index in [2.05, 4.69) is 38.7 Å². The number of nitrogens with one attached hydrogen (secondary N) is 3. The number of H-pyrrole nitrogens is 1. The van der Waals surface area contributed by atoms with Gasteiger partial charge >= 0.3 is 0 Å². The number of anilines is 2. The first-order chi connectivity index (χ1) is 15.7. The predicted octanol–water partition coefficient (Wildman–Crippen LogP) is 4.04. The number of aromatic nitrogens is 3. The van der Waals surface area contributed by atoms with Gasteiger partial charge in [0.15, 0.2) is 0 Å². The Morgan fingerprint density at radius 3 is 2.81 bits per heavy atom. The van der Waals surface area contributed by atoms with Crippen LogP contribution in [0.2, 0.25) is 5.02 Å². The van der Waals surface area contributed by atoms with Crippen LogP contribution < -0.4 is 15.5 Å². The highest BCUT2D eigenvalue weighted by Gasteiger charge is 2.20. The summed E-state index contributed by atoms with van der Waals surface area (Å²) in [6.07, 6.45) is 2.98. The molecule has 1 atom stereocenters. The minimum absolute atomic E-state index is 0.357. The molecule has 0 radical (unpaired) electrons. The molecule has 164 valence electrons. The van der Waals surface area contributed by atoms with Crippen LogP contribution >= 0.6 is 11.6 Å². The Morgan fingerprint density at radius 2 is 1.97 bits per heavy atom. The molecule has 2 fully saturated rings. The number of imidazole rings is 1. The Morgan fingerprint density at radius 1 is 1.09 bits per heavy atom. The van der Waals surface area contributed by atoms with Gasteiger partial charge in [0.25, 0.3) is 0 Å². The van der Waals surface area contributed by atoms with Gasteiger partial charge < -0.3 is 25.3 Å². The van der Waals surface area contributed by atoms with Crippen molar-refractivity contribution in [2.45, 2.75) is 12.5 Å². The second-order valence-electron chi connectivity index (χ2n) is 8.43. The molecule has 0 bridgehead atoms. The smallest absolute Gasteiger partial charge is 0.142 e. The SMILES string of the molecule is Clc1ccc2ncc(-c3nc4ccc(N5CCOCC5)cc4[nH]3)c(NC3CCNC3)c2c1. The van der Waals surface area contributed by atoms with E-state index in [4.69, 9.17) is 26.3 Å². The monoisotopic (exact) mass is 448 g/mol. The molecule has 32 heavy (non-hydrogen) atoms. The maximum atomic E-state index is 6.36. The number of nitrogens with zero attached hydrogens (tertiary/aromatic N) is 3. The zero-order valence-corrected chi connectivity index (χ0v) is 18.5. The van der Waals surface area contributed by atoms with E-state index in [0.717, 1.165) is 84.8 Å². The molecule has 4 heterocycles. The molecule has 3 N–H and O–H groups in total. The molecule has 1 unspecified atom stereocenters. The molecular formula is C24H25ClN6O. The highest BCUT2D eigenvalue weighted by atomic mass is 35.5. The highest BCUT2D eigenvalue weighted by Crippen LogP contribution is 2.36. The quantitative estimate of drug-likeness (QED) is 0.437. The van der Waals surface area contributed by atoms with E-state index in [1.165, 1.54) is 5.69 Å². The van der Waals surface area contributed by atoms with Crippen molar-refractivity contribution in [2.75, 3.05) is 49.6 Å². The first kappa shape index (κ1) is 19.8. The van der Waals surface area contributed by atoms with E-state index in [9.17, 15) is 0 Å². The number of morpholine rings is 1. The molecule has 4 aromatic rings. The average Bonchev–Trinajstić information content (AvgIpc) is 3.49. The van der Waals surface area contributed by atoms with Crippen molar-refractivity contribution in [3.8, 4) is 11.4 Å². The van der Waals surface area contributed by atoms with E-state index in [1.54, 1.807) is 0 Å². The fourth-order valence-electron chi connectivity index (χ4n) is 4.63. The van der Waals surface area contributed by atoms with E-state index in [-0.39, 0.29) is 0 Å². The normalized spacial score (nSPS) is 19.2. The van der Waals surface area contributed by atoms with Crippen molar-refractivity contribution in [1.82, 2.24) is 20.3 Å². The minimum atomic E-state index is 0.357. The Bertz CT molecular complexity index is 1280. The highest BCUT2D eigenvalue weighted by molar-refractivity contribution is 6.31. The summed E-state index contributed by atoms with van der Waals surface area (Å²) in [5.74, 6) is 0.807. The van der Waals surface area contributed by atoms with Gasteiger partial charge in [-0.15, -0.1) is 0 Å². The van der Waals surface area contributed by atoms with Crippen molar-refractivity contribution in [1.29, 1.82) is 0 Å². The largest absolute Gasteiger partial charge is 0.380 e. The Labute approximate surface area is 191 Å². The Kier molecular flexibility index (Phi) is 5.09. The van der Waals surface area contributed by atoms with E-state index in [0.29, 0.717) is 11.1 Å². The number of halogens is 1. The zero-order valence-electron chi connectivity index (χ0n) is 17.7. The van der Waals surface area contributed by atoms with Crippen LogP contribution in [0.3, 0.4) is 0 Å². The molecule has 0 saturated carbocycles. The summed E-state index contributed by atoms with van der Waals surface area (Å²) >= 11 is 6.36. The van der Waals surface area contributed by atoms with E-state index in [1.807, 2.05) is 24.4 Å². The second kappa shape index (κ2) is 8.24. The van der Waals surface area contributed by atoms with Crippen molar-refractivity contribution in [3.05, 3.63) is 47.6 Å². The van der Waals surface area contributed by atoms with Gasteiger partial charge in [-0.25, -0.2) is 4.98 Å². The number of benzene rings is 2. The predicted molar refractivity (Wildman–Crippen MR) is 130 cm³/mol. The third-order valence-electron chi connectivity index (χ3n) is 6.34. The second-order valence-corrected chi connectivity index (χ2v) is 8.87. The Hall–Kier alpha value is -2.87. The van der Waals surface area contributed by atoms with Gasteiger partial charge in [0.1, 0.15) is 5.82 Å². The fraction of sp³-hybridized carbons (Fsp3) is 0.333. The standard InChI is InChI=1S/C24H25ClN6O/c25-15-1-3-20-18(11-15)23(28-16-5-6-26-13-16)19(14-27-20)24-29-21-4-2-17(12-22(21)30-24)31-7-9-32-10-8-31/h1-4,11-12,14,16,26H,5-10,13H2,(H,27,28)(H,29,30). The molecule has 2 aliphatic heterocycles. The van der Waals surface area contributed by atoms with Crippen LogP contribution in [-0.4, -0.2) is 60.4 Å². The lowest BCUT2D eigenvalue weighted by molar-refractivity contribution is 0.122. The van der Waals surface area contributed by atoms with E-state index >= 15 is 0 Å². The molecule has 0 spiro atoms. The minimum Gasteiger partial charge on any atom is -0.380 e. The zero-order chi connectivity index (χ0) is 21.5. The topological polar surface area (TPSA) is 78.1 Å². The van der Waals surface area contributed by atoms with Gasteiger partial charge in [0.05, 0.1) is 41.0 Å². The number of fused-ring (bicyclic) bond motifs is 2. The number of hydrogen-bond acceptors (Lipinski definition) is 6. The summed E-state index contributed by atoms with van der Waals surface area (Å²) in [6, 6.07) is 12.6. The molecule has 0 amide bonds. The number of ether oxygens (including phenoxy) is 1. The number of aromatic amines is 1. The molecule has 0 aliphatic carbocycles. The van der Waals surface area contributed by atoms with Gasteiger partial charge in [0, 0.05) is 48.0 Å². The van der Waals surface area contributed by atoms with Gasteiger partial charge in [-0.2, -0.15) is 0 Å². The summed E-state index contributed by atoms with van der Waals surface area (Å²) in [5.41, 5.74) is 6.04. The van der Waals surface area contributed by atoms with Gasteiger partial charge in [-0.3, -0.25) is 4.98 Å². The first-order valence-corrected chi connectivity index (χ1v) is 11.5. The summed E-state index contributed by atoms with van der Waals surface area (Å²) in [6.45, 7) is 5.31. The Balaban J connectivity index is 1.44. The van der Waals surface area contributed by atoms with Crippen LogP contribution in [0.25, 0.3) is 33.3 Å². The average molecular weight is 449 g/mol. The first-order valence-electron chi connectivity index (χ1n) is 11.1.